The average Bonchev–Trinajstić information content (AvgIpc) is 2.33. The van der Waals surface area contributed by atoms with Crippen LogP contribution >= 0.6 is 44.3 Å². The van der Waals surface area contributed by atoms with Crippen LogP contribution in [0, 0.1) is 5.92 Å². The van der Waals surface area contributed by atoms with Crippen LogP contribution in [0.3, 0.4) is 0 Å². The summed E-state index contributed by atoms with van der Waals surface area (Å²) in [6.45, 7) is 0. The van der Waals surface area contributed by atoms with Gasteiger partial charge in [-0.25, -0.2) is 0 Å². The highest BCUT2D eigenvalue weighted by molar-refractivity contribution is 9.13. The molecule has 0 aliphatic heterocycles. The minimum Gasteiger partial charge on any atom is -0.324 e. The fourth-order valence-corrected chi connectivity index (χ4v) is 3.13. The smallest absolute Gasteiger partial charge is 0.0323 e. The summed E-state index contributed by atoms with van der Waals surface area (Å²) in [6, 6.07) is 6.55. The van der Waals surface area contributed by atoms with Crippen molar-refractivity contribution in [2.45, 2.75) is 38.1 Å². The molecule has 1 nitrogen and oxygen atoms in total. The maximum atomic E-state index is 6.35. The Kier molecular flexibility index (Phi) is 6.49. The van der Waals surface area contributed by atoms with Gasteiger partial charge in [0.1, 0.15) is 0 Å². The van der Waals surface area contributed by atoms with Crippen LogP contribution in [0.4, 0.5) is 0 Å². The van der Waals surface area contributed by atoms with Gasteiger partial charge in [-0.15, -0.1) is 12.4 Å². The van der Waals surface area contributed by atoms with E-state index < -0.39 is 0 Å². The van der Waals surface area contributed by atoms with Crippen molar-refractivity contribution in [2.75, 3.05) is 0 Å². The summed E-state index contributed by atoms with van der Waals surface area (Å²) in [5.41, 5.74) is 7.60. The van der Waals surface area contributed by atoms with Gasteiger partial charge >= 0.3 is 0 Å². The second-order valence-corrected chi connectivity index (χ2v) is 6.31. The number of hydrogen-bond donors (Lipinski definition) is 1. The number of rotatable bonds is 2. The van der Waals surface area contributed by atoms with E-state index >= 15 is 0 Å². The summed E-state index contributed by atoms with van der Waals surface area (Å²) >= 11 is 7.02. The van der Waals surface area contributed by atoms with Crippen molar-refractivity contribution in [3.05, 3.63) is 32.7 Å². The second-order valence-electron chi connectivity index (χ2n) is 4.60. The Balaban J connectivity index is 0.00000144. The van der Waals surface area contributed by atoms with Crippen LogP contribution < -0.4 is 5.73 Å². The second kappa shape index (κ2) is 7.13. The molecule has 0 spiro atoms. The maximum Gasteiger partial charge on any atom is 0.0323 e. The van der Waals surface area contributed by atoms with Crippen LogP contribution in [0.2, 0.25) is 0 Å². The molecule has 0 radical (unpaired) electrons. The largest absolute Gasteiger partial charge is 0.324 e. The van der Waals surface area contributed by atoms with Crippen LogP contribution in [-0.2, 0) is 0 Å². The third-order valence-electron chi connectivity index (χ3n) is 3.49. The molecule has 0 heterocycles. The lowest BCUT2D eigenvalue weighted by atomic mass is 9.81. The van der Waals surface area contributed by atoms with Crippen LogP contribution in [0.1, 0.15) is 43.7 Å². The quantitative estimate of drug-likeness (QED) is 0.745. The van der Waals surface area contributed by atoms with Gasteiger partial charge in [0.2, 0.25) is 0 Å². The van der Waals surface area contributed by atoms with Crippen molar-refractivity contribution in [3.8, 4) is 0 Å². The van der Waals surface area contributed by atoms with Gasteiger partial charge in [-0.3, -0.25) is 0 Å². The molecule has 0 amide bonds. The Morgan fingerprint density at radius 2 is 1.71 bits per heavy atom. The first-order valence-electron chi connectivity index (χ1n) is 5.89. The highest BCUT2D eigenvalue weighted by Crippen LogP contribution is 2.34. The van der Waals surface area contributed by atoms with E-state index in [1.807, 2.05) is 0 Å². The zero-order valence-electron chi connectivity index (χ0n) is 9.66. The SMILES string of the molecule is Cl.N[C@@H](c1ccc(Br)c(Br)c1)C1CCCCC1. The van der Waals surface area contributed by atoms with Gasteiger partial charge in [-0.05, 0) is 68.3 Å². The lowest BCUT2D eigenvalue weighted by Gasteiger charge is -2.28. The van der Waals surface area contributed by atoms with Crippen molar-refractivity contribution in [1.82, 2.24) is 0 Å². The Bertz CT molecular complexity index is 364. The fourth-order valence-electron chi connectivity index (χ4n) is 2.49. The first kappa shape index (κ1) is 15.5. The van der Waals surface area contributed by atoms with Gasteiger partial charge in [0.05, 0.1) is 0 Å². The van der Waals surface area contributed by atoms with E-state index in [9.17, 15) is 0 Å². The predicted molar refractivity (Wildman–Crippen MR) is 82.6 cm³/mol. The molecule has 1 aliphatic carbocycles. The minimum absolute atomic E-state index is 0. The Morgan fingerprint density at radius 1 is 1.06 bits per heavy atom. The Labute approximate surface area is 126 Å². The van der Waals surface area contributed by atoms with Crippen molar-refractivity contribution in [2.24, 2.45) is 11.7 Å². The van der Waals surface area contributed by atoms with Gasteiger partial charge in [0.15, 0.2) is 0 Å². The molecule has 1 atom stereocenters. The monoisotopic (exact) mass is 381 g/mol. The molecule has 2 rings (SSSR count). The van der Waals surface area contributed by atoms with Gasteiger partial charge in [-0.1, -0.05) is 25.3 Å². The topological polar surface area (TPSA) is 26.0 Å². The third kappa shape index (κ3) is 3.95. The molecule has 1 aliphatic rings. The zero-order chi connectivity index (χ0) is 11.5. The number of benzene rings is 1. The molecule has 4 heteroatoms. The van der Waals surface area contributed by atoms with Gasteiger partial charge in [0.25, 0.3) is 0 Å². The van der Waals surface area contributed by atoms with E-state index in [-0.39, 0.29) is 18.4 Å². The molecule has 96 valence electrons. The van der Waals surface area contributed by atoms with Gasteiger partial charge in [-0.2, -0.15) is 0 Å². The van der Waals surface area contributed by atoms with E-state index in [4.69, 9.17) is 5.73 Å². The van der Waals surface area contributed by atoms with Crippen LogP contribution in [0.25, 0.3) is 0 Å². The molecule has 0 saturated heterocycles. The average molecular weight is 384 g/mol. The van der Waals surface area contributed by atoms with E-state index in [2.05, 4.69) is 50.1 Å². The molecular weight excluding hydrogens is 365 g/mol. The third-order valence-corrected chi connectivity index (χ3v) is 5.37. The summed E-state index contributed by atoms with van der Waals surface area (Å²) in [7, 11) is 0. The first-order chi connectivity index (χ1) is 7.68. The molecule has 0 aromatic heterocycles. The molecule has 0 bridgehead atoms. The Hall–Kier alpha value is 0.430. The molecule has 1 aromatic rings. The fraction of sp³-hybridized carbons (Fsp3) is 0.538. The predicted octanol–water partition coefficient (Wildman–Crippen LogP) is 5.21. The summed E-state index contributed by atoms with van der Waals surface area (Å²) in [4.78, 5) is 0. The van der Waals surface area contributed by atoms with Gasteiger partial charge in [0, 0.05) is 15.0 Å². The van der Waals surface area contributed by atoms with E-state index in [1.54, 1.807) is 0 Å². The van der Waals surface area contributed by atoms with Crippen molar-refractivity contribution in [3.63, 3.8) is 0 Å². The van der Waals surface area contributed by atoms with Crippen LogP contribution in [0.5, 0.6) is 0 Å². The number of halogens is 3. The van der Waals surface area contributed by atoms with Crippen LogP contribution in [-0.4, -0.2) is 0 Å². The molecule has 1 aromatic carbocycles. The highest BCUT2D eigenvalue weighted by Gasteiger charge is 2.21. The summed E-state index contributed by atoms with van der Waals surface area (Å²) in [5, 5.41) is 0. The maximum absolute atomic E-state index is 6.35. The molecule has 1 fully saturated rings. The van der Waals surface area contributed by atoms with Crippen molar-refractivity contribution < 1.29 is 0 Å². The van der Waals surface area contributed by atoms with Crippen molar-refractivity contribution >= 4 is 44.3 Å². The van der Waals surface area contributed by atoms with E-state index in [1.165, 1.54) is 37.7 Å². The standard InChI is InChI=1S/C13H17Br2N.ClH/c14-11-7-6-10(8-12(11)15)13(16)9-4-2-1-3-5-9;/h6-9,13H,1-5,16H2;1H/t13-;/m1./s1. The summed E-state index contributed by atoms with van der Waals surface area (Å²) < 4.78 is 2.18. The van der Waals surface area contributed by atoms with Crippen molar-refractivity contribution in [1.29, 1.82) is 0 Å². The van der Waals surface area contributed by atoms with E-state index in [0.717, 1.165) is 8.95 Å². The molecular formula is C13H18Br2ClN. The molecule has 0 unspecified atom stereocenters. The number of hydrogen-bond acceptors (Lipinski definition) is 1. The normalized spacial score (nSPS) is 18.5. The lowest BCUT2D eigenvalue weighted by Crippen LogP contribution is -2.23. The van der Waals surface area contributed by atoms with Gasteiger partial charge < -0.3 is 5.73 Å². The van der Waals surface area contributed by atoms with Crippen LogP contribution in [0.15, 0.2) is 27.1 Å². The Morgan fingerprint density at radius 3 is 2.29 bits per heavy atom. The number of nitrogens with two attached hydrogens (primary N) is 1. The zero-order valence-corrected chi connectivity index (χ0v) is 13.7. The highest BCUT2D eigenvalue weighted by atomic mass is 79.9. The molecule has 2 N–H and O–H groups in total. The summed E-state index contributed by atoms with van der Waals surface area (Å²) in [5.74, 6) is 0.668. The first-order valence-corrected chi connectivity index (χ1v) is 7.47. The minimum atomic E-state index is 0. The molecule has 17 heavy (non-hydrogen) atoms. The lowest BCUT2D eigenvalue weighted by molar-refractivity contribution is 0.308. The summed E-state index contributed by atoms with van der Waals surface area (Å²) in [6.07, 6.45) is 6.64. The van der Waals surface area contributed by atoms with E-state index in [0.29, 0.717) is 5.92 Å². The molecule has 1 saturated carbocycles.